The summed E-state index contributed by atoms with van der Waals surface area (Å²) >= 11 is 0. The zero-order valence-electron chi connectivity index (χ0n) is 13.8. The van der Waals surface area contributed by atoms with E-state index in [2.05, 4.69) is 31.2 Å². The smallest absolute Gasteiger partial charge is 0.322 e. The van der Waals surface area contributed by atoms with Crippen LogP contribution in [0, 0.1) is 0 Å². The number of carbonyl (C=O) groups excluding carboxylic acids is 2. The van der Waals surface area contributed by atoms with E-state index in [1.807, 2.05) is 31.2 Å². The molecule has 1 atom stereocenters. The van der Waals surface area contributed by atoms with E-state index in [0.717, 1.165) is 10.6 Å². The van der Waals surface area contributed by atoms with Gasteiger partial charge in [-0.3, -0.25) is 4.79 Å². The van der Waals surface area contributed by atoms with Crippen LogP contribution in [0.4, 0.5) is 4.79 Å². The van der Waals surface area contributed by atoms with Crippen molar-refractivity contribution < 1.29 is 9.59 Å². The van der Waals surface area contributed by atoms with Gasteiger partial charge in [-0.25, -0.2) is 4.79 Å². The molecular weight excluding hydrogens is 278 g/mol. The molecule has 5 heteroatoms. The fourth-order valence-electron chi connectivity index (χ4n) is 2.21. The van der Waals surface area contributed by atoms with Gasteiger partial charge in [0.25, 0.3) is 5.91 Å². The van der Waals surface area contributed by atoms with Gasteiger partial charge in [-0.1, -0.05) is 52.0 Å². The summed E-state index contributed by atoms with van der Waals surface area (Å²) in [6, 6.07) is 7.45. The van der Waals surface area contributed by atoms with Gasteiger partial charge in [0.1, 0.15) is 5.54 Å². The average molecular weight is 301 g/mol. The summed E-state index contributed by atoms with van der Waals surface area (Å²) in [7, 11) is 0. The summed E-state index contributed by atoms with van der Waals surface area (Å²) in [5, 5.41) is 7.61. The number of nitrogens with one attached hydrogen (secondary N) is 1. The van der Waals surface area contributed by atoms with Crippen molar-refractivity contribution in [2.24, 2.45) is 5.10 Å². The Morgan fingerprint density at radius 2 is 1.82 bits per heavy atom. The molecule has 0 spiro atoms. The third-order valence-electron chi connectivity index (χ3n) is 4.05. The third-order valence-corrected chi connectivity index (χ3v) is 4.05. The highest BCUT2D eigenvalue weighted by Gasteiger charge is 2.46. The lowest BCUT2D eigenvalue weighted by molar-refractivity contribution is -0.130. The lowest BCUT2D eigenvalue weighted by Gasteiger charge is -2.18. The summed E-state index contributed by atoms with van der Waals surface area (Å²) in [6.07, 6.45) is 2.06. The number of hydrazone groups is 1. The Labute approximate surface area is 131 Å². The standard InChI is InChI=1S/C17H23N3O2/c1-6-17(5)14(21)20(15(22)19-17)18-11-12-7-9-13(10-8-12)16(2,3)4/h7-11H,6H2,1-5H3,(H,19,22)/b18-11-/t17-/m1/s1. The molecule has 1 aliphatic rings. The monoisotopic (exact) mass is 301 g/mol. The van der Waals surface area contributed by atoms with Crippen molar-refractivity contribution in [3.8, 4) is 0 Å². The van der Waals surface area contributed by atoms with Crippen LogP contribution in [0.3, 0.4) is 0 Å². The normalized spacial score (nSPS) is 22.5. The van der Waals surface area contributed by atoms with Crippen LogP contribution in [0.1, 0.15) is 52.2 Å². The lowest BCUT2D eigenvalue weighted by atomic mass is 9.87. The molecule has 1 N–H and O–H groups in total. The second kappa shape index (κ2) is 5.55. The van der Waals surface area contributed by atoms with E-state index in [1.54, 1.807) is 6.92 Å². The Hall–Kier alpha value is -2.17. The SMILES string of the molecule is CC[C@@]1(C)NC(=O)N(/N=C\c2ccc(C(C)(C)C)cc2)C1=O. The van der Waals surface area contributed by atoms with E-state index < -0.39 is 11.6 Å². The van der Waals surface area contributed by atoms with Gasteiger partial charge in [-0.15, -0.1) is 5.01 Å². The van der Waals surface area contributed by atoms with Gasteiger partial charge in [0, 0.05) is 0 Å². The van der Waals surface area contributed by atoms with Crippen molar-refractivity contribution in [1.82, 2.24) is 10.3 Å². The van der Waals surface area contributed by atoms with Crippen molar-refractivity contribution >= 4 is 18.2 Å². The molecule has 5 nitrogen and oxygen atoms in total. The zero-order valence-corrected chi connectivity index (χ0v) is 13.8. The predicted octanol–water partition coefficient (Wildman–Crippen LogP) is 3.04. The molecule has 0 aromatic heterocycles. The van der Waals surface area contributed by atoms with Crippen LogP contribution in [0.15, 0.2) is 29.4 Å². The number of benzene rings is 1. The molecule has 2 rings (SSSR count). The molecule has 1 aromatic carbocycles. The molecule has 3 amide bonds. The van der Waals surface area contributed by atoms with E-state index in [-0.39, 0.29) is 11.3 Å². The fourth-order valence-corrected chi connectivity index (χ4v) is 2.21. The number of urea groups is 1. The first kappa shape index (κ1) is 16.2. The van der Waals surface area contributed by atoms with Gasteiger partial charge in [-0.2, -0.15) is 5.10 Å². The summed E-state index contributed by atoms with van der Waals surface area (Å²) in [5.41, 5.74) is 1.30. The second-order valence-electron chi connectivity index (χ2n) is 6.85. The van der Waals surface area contributed by atoms with Crippen LogP contribution in [-0.2, 0) is 10.2 Å². The van der Waals surface area contributed by atoms with Crippen LogP contribution in [0.5, 0.6) is 0 Å². The third kappa shape index (κ3) is 3.03. The Balaban J connectivity index is 2.16. The van der Waals surface area contributed by atoms with Crippen molar-refractivity contribution in [2.75, 3.05) is 0 Å². The van der Waals surface area contributed by atoms with Gasteiger partial charge < -0.3 is 5.32 Å². The van der Waals surface area contributed by atoms with Gasteiger partial charge >= 0.3 is 6.03 Å². The highest BCUT2D eigenvalue weighted by Crippen LogP contribution is 2.23. The molecular formula is C17H23N3O2. The van der Waals surface area contributed by atoms with E-state index in [1.165, 1.54) is 11.8 Å². The minimum atomic E-state index is -0.857. The molecule has 0 aliphatic carbocycles. The maximum atomic E-state index is 12.2. The highest BCUT2D eigenvalue weighted by molar-refractivity contribution is 6.07. The Morgan fingerprint density at radius 1 is 1.23 bits per heavy atom. The fraction of sp³-hybridized carbons (Fsp3) is 0.471. The quantitative estimate of drug-likeness (QED) is 0.689. The lowest BCUT2D eigenvalue weighted by Crippen LogP contribution is -2.42. The van der Waals surface area contributed by atoms with Crippen LogP contribution >= 0.6 is 0 Å². The Morgan fingerprint density at radius 3 is 2.27 bits per heavy atom. The van der Waals surface area contributed by atoms with Crippen LogP contribution < -0.4 is 5.32 Å². The molecule has 0 saturated carbocycles. The van der Waals surface area contributed by atoms with Gasteiger partial charge in [0.05, 0.1) is 6.21 Å². The number of carbonyl (C=O) groups is 2. The molecule has 1 aliphatic heterocycles. The van der Waals surface area contributed by atoms with Crippen LogP contribution in [0.2, 0.25) is 0 Å². The number of amides is 3. The Bertz CT molecular complexity index is 614. The first-order valence-corrected chi connectivity index (χ1v) is 7.48. The number of nitrogens with zero attached hydrogens (tertiary/aromatic N) is 2. The predicted molar refractivity (Wildman–Crippen MR) is 86.8 cm³/mol. The van der Waals surface area contributed by atoms with Gasteiger partial charge in [-0.05, 0) is 29.9 Å². The zero-order chi connectivity index (χ0) is 16.5. The second-order valence-corrected chi connectivity index (χ2v) is 6.85. The number of hydrogen-bond donors (Lipinski definition) is 1. The summed E-state index contributed by atoms with van der Waals surface area (Å²) in [4.78, 5) is 24.1. The van der Waals surface area contributed by atoms with Crippen LogP contribution in [0.25, 0.3) is 0 Å². The van der Waals surface area contributed by atoms with Gasteiger partial charge in [0.2, 0.25) is 0 Å². The molecule has 0 bridgehead atoms. The summed E-state index contributed by atoms with van der Waals surface area (Å²) < 4.78 is 0. The molecule has 22 heavy (non-hydrogen) atoms. The minimum Gasteiger partial charge on any atom is -0.322 e. The highest BCUT2D eigenvalue weighted by atomic mass is 16.2. The number of rotatable bonds is 3. The van der Waals surface area contributed by atoms with Crippen molar-refractivity contribution in [3.63, 3.8) is 0 Å². The first-order valence-electron chi connectivity index (χ1n) is 7.48. The molecule has 1 heterocycles. The van der Waals surface area contributed by atoms with Gasteiger partial charge in [0.15, 0.2) is 0 Å². The molecule has 1 saturated heterocycles. The average Bonchev–Trinajstić information content (AvgIpc) is 2.67. The van der Waals surface area contributed by atoms with E-state index in [9.17, 15) is 9.59 Å². The van der Waals surface area contributed by atoms with E-state index in [0.29, 0.717) is 6.42 Å². The minimum absolute atomic E-state index is 0.0867. The molecule has 1 fully saturated rings. The van der Waals surface area contributed by atoms with E-state index >= 15 is 0 Å². The number of imide groups is 1. The van der Waals surface area contributed by atoms with Crippen molar-refractivity contribution in [3.05, 3.63) is 35.4 Å². The maximum absolute atomic E-state index is 12.2. The van der Waals surface area contributed by atoms with Crippen molar-refractivity contribution in [1.29, 1.82) is 0 Å². The topological polar surface area (TPSA) is 61.8 Å². The Kier molecular flexibility index (Phi) is 4.09. The summed E-state index contributed by atoms with van der Waals surface area (Å²) in [6.45, 7) is 10.0. The molecule has 118 valence electrons. The molecule has 1 aromatic rings. The molecule has 0 unspecified atom stereocenters. The molecule has 0 radical (unpaired) electrons. The van der Waals surface area contributed by atoms with Crippen LogP contribution in [-0.4, -0.2) is 28.7 Å². The maximum Gasteiger partial charge on any atom is 0.346 e. The van der Waals surface area contributed by atoms with Crippen molar-refractivity contribution in [2.45, 2.75) is 52.0 Å². The summed E-state index contributed by atoms with van der Waals surface area (Å²) in [5.74, 6) is -0.317. The number of hydrogen-bond acceptors (Lipinski definition) is 3. The largest absolute Gasteiger partial charge is 0.346 e. The van der Waals surface area contributed by atoms with E-state index in [4.69, 9.17) is 0 Å². The first-order chi connectivity index (χ1) is 10.2.